The lowest BCUT2D eigenvalue weighted by Gasteiger charge is -2.24. The summed E-state index contributed by atoms with van der Waals surface area (Å²) in [7, 11) is 0. The first-order valence-corrected chi connectivity index (χ1v) is 8.87. The summed E-state index contributed by atoms with van der Waals surface area (Å²) < 4.78 is 0. The molecule has 1 fully saturated rings. The Morgan fingerprint density at radius 3 is 3.06 bits per heavy atom. The molecule has 3 nitrogen and oxygen atoms in total. The minimum Gasteiger partial charge on any atom is -0.311 e. The van der Waals surface area contributed by atoms with Crippen LogP contribution in [0.15, 0.2) is 0 Å². The van der Waals surface area contributed by atoms with E-state index in [1.54, 1.807) is 0 Å². The van der Waals surface area contributed by atoms with Crippen LogP contribution in [0.5, 0.6) is 0 Å². The van der Waals surface area contributed by atoms with Crippen molar-refractivity contribution in [3.05, 3.63) is 22.8 Å². The van der Waals surface area contributed by atoms with Gasteiger partial charge >= 0.3 is 0 Å². The SMILES string of the molecule is CCc1nc(C2CSCCS2)nc2c1CCNC2. The second-order valence-corrected chi connectivity index (χ2v) is 7.13. The second kappa shape index (κ2) is 5.80. The van der Waals surface area contributed by atoms with E-state index in [1.165, 1.54) is 34.2 Å². The summed E-state index contributed by atoms with van der Waals surface area (Å²) in [6.07, 6.45) is 2.12. The van der Waals surface area contributed by atoms with Crippen LogP contribution in [-0.2, 0) is 19.4 Å². The minimum atomic E-state index is 0.501. The van der Waals surface area contributed by atoms with Crippen molar-refractivity contribution in [2.75, 3.05) is 23.8 Å². The van der Waals surface area contributed by atoms with Crippen molar-refractivity contribution >= 4 is 23.5 Å². The molecule has 0 aliphatic carbocycles. The number of rotatable bonds is 2. The van der Waals surface area contributed by atoms with Crippen LogP contribution in [-0.4, -0.2) is 33.8 Å². The molecule has 1 aromatic rings. The highest BCUT2D eigenvalue weighted by atomic mass is 32.2. The van der Waals surface area contributed by atoms with E-state index in [0.717, 1.165) is 31.8 Å². The van der Waals surface area contributed by atoms with Crippen molar-refractivity contribution in [3.8, 4) is 0 Å². The quantitative estimate of drug-likeness (QED) is 0.899. The molecule has 1 N–H and O–H groups in total. The van der Waals surface area contributed by atoms with Gasteiger partial charge in [-0.1, -0.05) is 6.92 Å². The summed E-state index contributed by atoms with van der Waals surface area (Å²) in [5, 5.41) is 3.92. The first-order chi connectivity index (χ1) is 8.88. The second-order valence-electron chi connectivity index (χ2n) is 4.67. The number of hydrogen-bond acceptors (Lipinski definition) is 5. The highest BCUT2D eigenvalue weighted by Gasteiger charge is 2.23. The first-order valence-electron chi connectivity index (χ1n) is 6.67. The standard InChI is InChI=1S/C13H19N3S2/c1-2-10-9-3-4-14-7-11(9)16-13(15-10)12-8-17-5-6-18-12/h12,14H,2-8H2,1H3. The predicted octanol–water partition coefficient (Wildman–Crippen LogP) is 2.21. The van der Waals surface area contributed by atoms with Crippen molar-refractivity contribution in [2.45, 2.75) is 31.6 Å². The molecule has 2 aliphatic heterocycles. The molecule has 98 valence electrons. The van der Waals surface area contributed by atoms with E-state index in [1.807, 2.05) is 23.5 Å². The Balaban J connectivity index is 1.94. The summed E-state index contributed by atoms with van der Waals surface area (Å²) in [4.78, 5) is 9.69. The predicted molar refractivity (Wildman–Crippen MR) is 79.3 cm³/mol. The van der Waals surface area contributed by atoms with Gasteiger partial charge in [-0.15, -0.1) is 11.8 Å². The summed E-state index contributed by atoms with van der Waals surface area (Å²) in [5.41, 5.74) is 3.94. The molecule has 1 saturated heterocycles. The Bertz CT molecular complexity index is 413. The monoisotopic (exact) mass is 281 g/mol. The number of hydrogen-bond donors (Lipinski definition) is 1. The Labute approximate surface area is 117 Å². The van der Waals surface area contributed by atoms with Gasteiger partial charge in [-0.05, 0) is 24.9 Å². The van der Waals surface area contributed by atoms with Gasteiger partial charge in [0.2, 0.25) is 0 Å². The fourth-order valence-electron chi connectivity index (χ4n) is 2.53. The molecule has 0 amide bonds. The van der Waals surface area contributed by atoms with E-state index in [0.29, 0.717) is 5.25 Å². The van der Waals surface area contributed by atoms with Gasteiger partial charge in [-0.3, -0.25) is 0 Å². The van der Waals surface area contributed by atoms with Crippen molar-refractivity contribution in [3.63, 3.8) is 0 Å². The van der Waals surface area contributed by atoms with Crippen molar-refractivity contribution in [1.82, 2.24) is 15.3 Å². The molecule has 0 spiro atoms. The maximum atomic E-state index is 4.86. The molecule has 0 aromatic carbocycles. The van der Waals surface area contributed by atoms with Crippen LogP contribution in [0.2, 0.25) is 0 Å². The molecule has 0 saturated carbocycles. The van der Waals surface area contributed by atoms with Crippen LogP contribution in [0.4, 0.5) is 0 Å². The first kappa shape index (κ1) is 12.8. The third-order valence-corrected chi connectivity index (χ3v) is 6.23. The number of nitrogens with one attached hydrogen (secondary N) is 1. The van der Waals surface area contributed by atoms with Gasteiger partial charge in [0.25, 0.3) is 0 Å². The summed E-state index contributed by atoms with van der Waals surface area (Å²) >= 11 is 4.05. The van der Waals surface area contributed by atoms with Gasteiger partial charge in [-0.2, -0.15) is 11.8 Å². The Morgan fingerprint density at radius 1 is 1.33 bits per heavy atom. The average Bonchev–Trinajstić information content (AvgIpc) is 2.47. The Morgan fingerprint density at radius 2 is 2.28 bits per heavy atom. The molecule has 3 heterocycles. The van der Waals surface area contributed by atoms with Gasteiger partial charge in [0, 0.05) is 29.5 Å². The molecule has 0 radical (unpaired) electrons. The van der Waals surface area contributed by atoms with Gasteiger partial charge in [-0.25, -0.2) is 9.97 Å². The van der Waals surface area contributed by atoms with E-state index < -0.39 is 0 Å². The lowest BCUT2D eigenvalue weighted by molar-refractivity contribution is 0.608. The molecule has 0 bridgehead atoms. The largest absolute Gasteiger partial charge is 0.311 e. The van der Waals surface area contributed by atoms with Crippen LogP contribution < -0.4 is 5.32 Å². The fourth-order valence-corrected chi connectivity index (χ4v) is 5.13. The van der Waals surface area contributed by atoms with E-state index >= 15 is 0 Å². The van der Waals surface area contributed by atoms with Gasteiger partial charge in [0.1, 0.15) is 5.82 Å². The van der Waals surface area contributed by atoms with E-state index in [4.69, 9.17) is 9.97 Å². The number of thioether (sulfide) groups is 2. The molecular formula is C13H19N3S2. The Hall–Kier alpha value is -0.260. The van der Waals surface area contributed by atoms with Gasteiger partial charge in [0.05, 0.1) is 10.9 Å². The maximum Gasteiger partial charge on any atom is 0.142 e. The highest BCUT2D eigenvalue weighted by molar-refractivity contribution is 8.06. The normalized spacial score (nSPS) is 23.7. The highest BCUT2D eigenvalue weighted by Crippen LogP contribution is 2.35. The number of aryl methyl sites for hydroxylation is 1. The minimum absolute atomic E-state index is 0.501. The average molecular weight is 281 g/mol. The zero-order valence-electron chi connectivity index (χ0n) is 10.7. The van der Waals surface area contributed by atoms with E-state index in [2.05, 4.69) is 12.2 Å². The van der Waals surface area contributed by atoms with Crippen LogP contribution in [0.3, 0.4) is 0 Å². The molecule has 2 aliphatic rings. The molecule has 1 atom stereocenters. The summed E-state index contributed by atoms with van der Waals surface area (Å²) in [5.74, 6) is 4.75. The number of aromatic nitrogens is 2. The lowest BCUT2D eigenvalue weighted by Crippen LogP contribution is -2.27. The number of nitrogens with zero attached hydrogens (tertiary/aromatic N) is 2. The van der Waals surface area contributed by atoms with Crippen molar-refractivity contribution < 1.29 is 0 Å². The Kier molecular flexibility index (Phi) is 4.11. The maximum absolute atomic E-state index is 4.86. The van der Waals surface area contributed by atoms with Crippen LogP contribution in [0, 0.1) is 0 Å². The van der Waals surface area contributed by atoms with Crippen molar-refractivity contribution in [1.29, 1.82) is 0 Å². The lowest BCUT2D eigenvalue weighted by atomic mass is 10.0. The third kappa shape index (κ3) is 2.53. The topological polar surface area (TPSA) is 37.8 Å². The van der Waals surface area contributed by atoms with Crippen LogP contribution in [0.25, 0.3) is 0 Å². The smallest absolute Gasteiger partial charge is 0.142 e. The van der Waals surface area contributed by atoms with Gasteiger partial charge < -0.3 is 5.32 Å². The molecule has 18 heavy (non-hydrogen) atoms. The summed E-state index contributed by atoms with van der Waals surface area (Å²) in [6.45, 7) is 4.19. The molecule has 1 aromatic heterocycles. The molecule has 5 heteroatoms. The third-order valence-electron chi connectivity index (χ3n) is 3.48. The molecular weight excluding hydrogens is 262 g/mol. The van der Waals surface area contributed by atoms with E-state index in [9.17, 15) is 0 Å². The van der Waals surface area contributed by atoms with Crippen LogP contribution in [0.1, 0.15) is 34.9 Å². The summed E-state index contributed by atoms with van der Waals surface area (Å²) in [6, 6.07) is 0. The van der Waals surface area contributed by atoms with Crippen molar-refractivity contribution in [2.24, 2.45) is 0 Å². The van der Waals surface area contributed by atoms with Gasteiger partial charge in [0.15, 0.2) is 0 Å². The fraction of sp³-hybridized carbons (Fsp3) is 0.692. The number of fused-ring (bicyclic) bond motifs is 1. The zero-order valence-corrected chi connectivity index (χ0v) is 12.4. The van der Waals surface area contributed by atoms with E-state index in [-0.39, 0.29) is 0 Å². The zero-order chi connectivity index (χ0) is 12.4. The van der Waals surface area contributed by atoms with Crippen LogP contribution >= 0.6 is 23.5 Å². The molecule has 3 rings (SSSR count). The molecule has 1 unspecified atom stereocenters.